The Morgan fingerprint density at radius 2 is 1.93 bits per heavy atom. The van der Waals surface area contributed by atoms with E-state index >= 15 is 0 Å². The highest BCUT2D eigenvalue weighted by molar-refractivity contribution is 5.80. The van der Waals surface area contributed by atoms with Gasteiger partial charge in [-0.05, 0) is 37.8 Å². The number of amides is 2. The molecule has 1 atom stereocenters. The second-order valence-electron chi connectivity index (χ2n) is 7.73. The maximum atomic E-state index is 12.7. The van der Waals surface area contributed by atoms with Crippen LogP contribution in [0.3, 0.4) is 0 Å². The molecule has 0 radical (unpaired) electrons. The highest BCUT2D eigenvalue weighted by Gasteiger charge is 2.38. The summed E-state index contributed by atoms with van der Waals surface area (Å²) < 4.78 is 0. The first-order chi connectivity index (χ1) is 13.4. The van der Waals surface area contributed by atoms with Crippen molar-refractivity contribution in [2.75, 3.05) is 31.1 Å². The van der Waals surface area contributed by atoms with Crippen molar-refractivity contribution in [3.05, 3.63) is 23.9 Å². The molecule has 2 fully saturated rings. The first kappa shape index (κ1) is 20.1. The van der Waals surface area contributed by atoms with Gasteiger partial charge in [0.15, 0.2) is 0 Å². The number of aromatic nitrogens is 1. The van der Waals surface area contributed by atoms with Crippen LogP contribution in [0.25, 0.3) is 0 Å². The smallest absolute Gasteiger partial charge is 0.303 e. The molecule has 3 rings (SSSR count). The van der Waals surface area contributed by atoms with Gasteiger partial charge in [0.25, 0.3) is 0 Å². The van der Waals surface area contributed by atoms with E-state index in [4.69, 9.17) is 5.11 Å². The van der Waals surface area contributed by atoms with Crippen molar-refractivity contribution < 1.29 is 19.5 Å². The summed E-state index contributed by atoms with van der Waals surface area (Å²) in [7, 11) is 0. The number of carbonyl (C=O) groups excluding carboxylic acids is 2. The summed E-state index contributed by atoms with van der Waals surface area (Å²) in [5, 5.41) is 11.9. The van der Waals surface area contributed by atoms with E-state index < -0.39 is 11.5 Å². The highest BCUT2D eigenvalue weighted by Crippen LogP contribution is 2.30. The number of hydrogen-bond donors (Lipinski definition) is 2. The standard InChI is InChI=1S/C20H28N4O4/c1-15-3-2-10-21-19(15)24-13-11-23(12-14-24)17(26)5-8-20(9-6-18(27)28)7-4-16(25)22-20/h2-3,10H,4-9,11-14H2,1H3,(H,22,25)(H,27,28)/t20-/m1/s1. The molecular formula is C20H28N4O4. The predicted octanol–water partition coefficient (Wildman–Crippen LogP) is 1.33. The third-order valence-electron chi connectivity index (χ3n) is 5.78. The van der Waals surface area contributed by atoms with Gasteiger partial charge in [-0.3, -0.25) is 14.4 Å². The van der Waals surface area contributed by atoms with E-state index in [9.17, 15) is 14.4 Å². The number of aliphatic carboxylic acids is 1. The summed E-state index contributed by atoms with van der Waals surface area (Å²) in [5.41, 5.74) is 0.567. The zero-order chi connectivity index (χ0) is 20.1. The molecular weight excluding hydrogens is 360 g/mol. The molecule has 1 aromatic rings. The summed E-state index contributed by atoms with van der Waals surface area (Å²) in [6, 6.07) is 3.95. The molecule has 3 heterocycles. The van der Waals surface area contributed by atoms with Gasteiger partial charge in [-0.15, -0.1) is 0 Å². The van der Waals surface area contributed by atoms with E-state index in [0.717, 1.165) is 24.5 Å². The van der Waals surface area contributed by atoms with Gasteiger partial charge in [-0.25, -0.2) is 4.98 Å². The Morgan fingerprint density at radius 1 is 1.21 bits per heavy atom. The van der Waals surface area contributed by atoms with Crippen LogP contribution in [0.15, 0.2) is 18.3 Å². The molecule has 8 heteroatoms. The third-order valence-corrected chi connectivity index (χ3v) is 5.78. The van der Waals surface area contributed by atoms with Crippen molar-refractivity contribution in [1.29, 1.82) is 0 Å². The average molecular weight is 388 g/mol. The minimum Gasteiger partial charge on any atom is -0.481 e. The lowest BCUT2D eigenvalue weighted by Crippen LogP contribution is -2.50. The zero-order valence-electron chi connectivity index (χ0n) is 16.3. The molecule has 152 valence electrons. The molecule has 0 spiro atoms. The SMILES string of the molecule is Cc1cccnc1N1CCN(C(=O)CC[C@@]2(CCC(=O)O)CCC(=O)N2)CC1. The molecule has 2 aliphatic rings. The number of carboxylic acid groups (broad SMARTS) is 1. The van der Waals surface area contributed by atoms with Gasteiger partial charge in [0.05, 0.1) is 0 Å². The monoisotopic (exact) mass is 388 g/mol. The molecule has 0 aromatic carbocycles. The van der Waals surface area contributed by atoms with E-state index in [0.29, 0.717) is 45.2 Å². The van der Waals surface area contributed by atoms with Gasteiger partial charge in [-0.1, -0.05) is 6.07 Å². The third kappa shape index (κ3) is 4.79. The lowest BCUT2D eigenvalue weighted by Gasteiger charge is -2.37. The van der Waals surface area contributed by atoms with Crippen LogP contribution in [-0.2, 0) is 14.4 Å². The number of hydrogen-bond acceptors (Lipinski definition) is 5. The van der Waals surface area contributed by atoms with Gasteiger partial charge in [0.1, 0.15) is 5.82 Å². The second-order valence-corrected chi connectivity index (χ2v) is 7.73. The summed E-state index contributed by atoms with van der Waals surface area (Å²) in [4.78, 5) is 43.8. The molecule has 2 amide bonds. The summed E-state index contributed by atoms with van der Waals surface area (Å²) in [6.07, 6.45) is 3.96. The van der Waals surface area contributed by atoms with Gasteiger partial charge >= 0.3 is 5.97 Å². The molecule has 0 saturated carbocycles. The lowest BCUT2D eigenvalue weighted by molar-refractivity contribution is -0.137. The zero-order valence-corrected chi connectivity index (χ0v) is 16.3. The maximum absolute atomic E-state index is 12.7. The Bertz CT molecular complexity index is 745. The number of carboxylic acids is 1. The summed E-state index contributed by atoms with van der Waals surface area (Å²) in [5.74, 6) is 0.0918. The molecule has 0 bridgehead atoms. The lowest BCUT2D eigenvalue weighted by atomic mass is 9.86. The highest BCUT2D eigenvalue weighted by atomic mass is 16.4. The van der Waals surface area contributed by atoms with Crippen LogP contribution < -0.4 is 10.2 Å². The van der Waals surface area contributed by atoms with Crippen LogP contribution in [0.2, 0.25) is 0 Å². The minimum atomic E-state index is -0.882. The van der Waals surface area contributed by atoms with Gasteiger partial charge in [-0.2, -0.15) is 0 Å². The Labute approximate surface area is 164 Å². The number of pyridine rings is 1. The maximum Gasteiger partial charge on any atom is 0.303 e. The number of aryl methyl sites for hydroxylation is 1. The molecule has 0 unspecified atom stereocenters. The number of carbonyl (C=O) groups is 3. The van der Waals surface area contributed by atoms with Crippen molar-refractivity contribution in [3.63, 3.8) is 0 Å². The largest absolute Gasteiger partial charge is 0.481 e. The minimum absolute atomic E-state index is 0.00340. The molecule has 2 saturated heterocycles. The fourth-order valence-electron chi connectivity index (χ4n) is 4.10. The molecule has 0 aliphatic carbocycles. The Balaban J connectivity index is 1.51. The first-order valence-electron chi connectivity index (χ1n) is 9.86. The van der Waals surface area contributed by atoms with Crippen LogP contribution in [0.5, 0.6) is 0 Å². The topological polar surface area (TPSA) is 103 Å². The average Bonchev–Trinajstić information content (AvgIpc) is 3.06. The van der Waals surface area contributed by atoms with Gasteiger partial charge < -0.3 is 20.2 Å². The van der Waals surface area contributed by atoms with Crippen LogP contribution in [0.4, 0.5) is 5.82 Å². The molecule has 8 nitrogen and oxygen atoms in total. The number of nitrogens with one attached hydrogen (secondary N) is 1. The molecule has 2 aliphatic heterocycles. The first-order valence-corrected chi connectivity index (χ1v) is 9.86. The van der Waals surface area contributed by atoms with Crippen molar-refractivity contribution in [2.24, 2.45) is 0 Å². The van der Waals surface area contributed by atoms with Crippen LogP contribution in [-0.4, -0.2) is 64.5 Å². The van der Waals surface area contributed by atoms with E-state index in [-0.39, 0.29) is 18.2 Å². The molecule has 2 N–H and O–H groups in total. The van der Waals surface area contributed by atoms with E-state index in [1.165, 1.54) is 0 Å². The fraction of sp³-hybridized carbons (Fsp3) is 0.600. The number of rotatable bonds is 7. The summed E-state index contributed by atoms with van der Waals surface area (Å²) in [6.45, 7) is 4.80. The van der Waals surface area contributed by atoms with E-state index in [2.05, 4.69) is 15.2 Å². The number of anilines is 1. The predicted molar refractivity (Wildman–Crippen MR) is 104 cm³/mol. The van der Waals surface area contributed by atoms with Crippen LogP contribution in [0.1, 0.15) is 44.1 Å². The fourth-order valence-corrected chi connectivity index (χ4v) is 4.10. The number of piperazine rings is 1. The molecule has 1 aromatic heterocycles. The van der Waals surface area contributed by atoms with Crippen LogP contribution in [0, 0.1) is 6.92 Å². The van der Waals surface area contributed by atoms with Crippen molar-refractivity contribution in [2.45, 2.75) is 51.0 Å². The van der Waals surface area contributed by atoms with Gasteiger partial charge in [0, 0.05) is 57.2 Å². The molecule has 28 heavy (non-hydrogen) atoms. The van der Waals surface area contributed by atoms with E-state index in [1.54, 1.807) is 6.20 Å². The normalized spacial score (nSPS) is 22.2. The van der Waals surface area contributed by atoms with Gasteiger partial charge in [0.2, 0.25) is 11.8 Å². The van der Waals surface area contributed by atoms with Crippen molar-refractivity contribution in [3.8, 4) is 0 Å². The van der Waals surface area contributed by atoms with Crippen molar-refractivity contribution >= 4 is 23.6 Å². The van der Waals surface area contributed by atoms with Crippen molar-refractivity contribution in [1.82, 2.24) is 15.2 Å². The number of nitrogens with zero attached hydrogens (tertiary/aromatic N) is 3. The van der Waals surface area contributed by atoms with Crippen LogP contribution >= 0.6 is 0 Å². The van der Waals surface area contributed by atoms with E-state index in [1.807, 2.05) is 24.0 Å². The Kier molecular flexibility index (Phi) is 6.16. The second kappa shape index (κ2) is 8.58. The quantitative estimate of drug-likeness (QED) is 0.731. The summed E-state index contributed by atoms with van der Waals surface area (Å²) >= 11 is 0. The Morgan fingerprint density at radius 3 is 2.54 bits per heavy atom. The Hall–Kier alpha value is -2.64.